The molecule has 1 saturated heterocycles. The highest BCUT2D eigenvalue weighted by molar-refractivity contribution is 7.87. The Morgan fingerprint density at radius 1 is 0.882 bits per heavy atom. The quantitative estimate of drug-likeness (QED) is 0.330. The van der Waals surface area contributed by atoms with Gasteiger partial charge in [0.05, 0.1) is 17.7 Å². The van der Waals surface area contributed by atoms with Gasteiger partial charge in [-0.3, -0.25) is 14.1 Å². The number of phenolic OH excluding ortho intramolecular Hbond substituents is 1. The van der Waals surface area contributed by atoms with Gasteiger partial charge in [0.1, 0.15) is 5.75 Å². The van der Waals surface area contributed by atoms with Gasteiger partial charge in [-0.05, 0) is 30.3 Å². The number of anilines is 1. The highest BCUT2D eigenvalue weighted by atomic mass is 32.2. The molecule has 0 aliphatic carbocycles. The van der Waals surface area contributed by atoms with Crippen molar-refractivity contribution in [2.24, 2.45) is 0 Å². The van der Waals surface area contributed by atoms with Gasteiger partial charge in [0.2, 0.25) is 5.91 Å². The van der Waals surface area contributed by atoms with Crippen molar-refractivity contribution in [2.75, 3.05) is 4.90 Å². The Hall–Kier alpha value is -4.02. The number of imide groups is 1. The maximum Gasteiger partial charge on any atom is 0.340 e. The fourth-order valence-corrected chi connectivity index (χ4v) is 5.18. The second-order valence-corrected chi connectivity index (χ2v) is 9.58. The summed E-state index contributed by atoms with van der Waals surface area (Å²) < 4.78 is 38.1. The van der Waals surface area contributed by atoms with Crippen molar-refractivity contribution in [1.82, 2.24) is 0 Å². The first-order valence-electron chi connectivity index (χ1n) is 10.2. The molecule has 1 fully saturated rings. The normalized spacial score (nSPS) is 22.1. The monoisotopic (exact) mass is 479 g/mol. The highest BCUT2D eigenvalue weighted by Gasteiger charge is 2.49. The SMILES string of the molecule is O=C1OC(c2ccc(O)cc2)(c2ccc(N3C(=O)CC(S(=O)(=O)O)C3=O)cc2)c2ccccc21. The van der Waals surface area contributed by atoms with Crippen LogP contribution >= 0.6 is 0 Å². The number of nitrogens with zero attached hydrogens (tertiary/aromatic N) is 1. The van der Waals surface area contributed by atoms with Gasteiger partial charge in [0.15, 0.2) is 10.9 Å². The van der Waals surface area contributed by atoms with Gasteiger partial charge >= 0.3 is 5.97 Å². The molecule has 34 heavy (non-hydrogen) atoms. The van der Waals surface area contributed by atoms with E-state index in [-0.39, 0.29) is 11.4 Å². The topological polar surface area (TPSA) is 138 Å². The van der Waals surface area contributed by atoms with Crippen molar-refractivity contribution < 1.29 is 37.2 Å². The number of hydrogen-bond donors (Lipinski definition) is 2. The minimum absolute atomic E-state index is 0.0336. The molecule has 2 aliphatic heterocycles. The zero-order valence-electron chi connectivity index (χ0n) is 17.4. The first-order chi connectivity index (χ1) is 16.1. The molecule has 3 aromatic carbocycles. The Bertz CT molecular complexity index is 1450. The van der Waals surface area contributed by atoms with Gasteiger partial charge in [-0.2, -0.15) is 8.42 Å². The molecule has 5 rings (SSSR count). The molecule has 2 N–H and O–H groups in total. The molecule has 0 radical (unpaired) electrons. The summed E-state index contributed by atoms with van der Waals surface area (Å²) in [5.74, 6) is -2.29. The van der Waals surface area contributed by atoms with Crippen molar-refractivity contribution in [3.8, 4) is 5.75 Å². The molecule has 2 atom stereocenters. The van der Waals surface area contributed by atoms with Crippen LogP contribution in [0.2, 0.25) is 0 Å². The molecule has 2 amide bonds. The summed E-state index contributed by atoms with van der Waals surface area (Å²) in [6, 6.07) is 19.1. The number of amides is 2. The molecule has 0 spiro atoms. The van der Waals surface area contributed by atoms with Crippen LogP contribution in [0, 0.1) is 0 Å². The molecule has 9 nitrogen and oxygen atoms in total. The third-order valence-corrected chi connectivity index (χ3v) is 7.13. The predicted octanol–water partition coefficient (Wildman–Crippen LogP) is 2.37. The number of carbonyl (C=O) groups is 3. The Morgan fingerprint density at radius 2 is 1.47 bits per heavy atom. The average molecular weight is 479 g/mol. The number of aromatic hydroxyl groups is 1. The number of benzene rings is 3. The lowest BCUT2D eigenvalue weighted by atomic mass is 9.80. The minimum Gasteiger partial charge on any atom is -0.508 e. The van der Waals surface area contributed by atoms with E-state index in [1.54, 1.807) is 48.5 Å². The third-order valence-electron chi connectivity index (χ3n) is 6.04. The van der Waals surface area contributed by atoms with Gasteiger partial charge in [0, 0.05) is 16.7 Å². The smallest absolute Gasteiger partial charge is 0.340 e. The van der Waals surface area contributed by atoms with Crippen LogP contribution in [0.3, 0.4) is 0 Å². The van der Waals surface area contributed by atoms with E-state index in [4.69, 9.17) is 4.74 Å². The van der Waals surface area contributed by atoms with Crippen LogP contribution in [0.1, 0.15) is 33.5 Å². The lowest BCUT2D eigenvalue weighted by Gasteiger charge is -2.30. The van der Waals surface area contributed by atoms with Crippen molar-refractivity contribution >= 4 is 33.6 Å². The second kappa shape index (κ2) is 7.51. The molecule has 2 unspecified atom stereocenters. The summed E-state index contributed by atoms with van der Waals surface area (Å²) >= 11 is 0. The molecule has 3 aromatic rings. The maximum atomic E-state index is 12.7. The average Bonchev–Trinajstić information content (AvgIpc) is 3.28. The van der Waals surface area contributed by atoms with Gasteiger partial charge in [-0.25, -0.2) is 9.69 Å². The van der Waals surface area contributed by atoms with E-state index in [1.165, 1.54) is 24.3 Å². The van der Waals surface area contributed by atoms with E-state index in [9.17, 15) is 32.5 Å². The summed E-state index contributed by atoms with van der Waals surface area (Å²) in [5.41, 5.74) is 0.791. The van der Waals surface area contributed by atoms with Crippen LogP contribution in [0.25, 0.3) is 0 Å². The van der Waals surface area contributed by atoms with Crippen molar-refractivity contribution in [1.29, 1.82) is 0 Å². The van der Waals surface area contributed by atoms with Gasteiger partial charge < -0.3 is 9.84 Å². The van der Waals surface area contributed by atoms with Crippen LogP contribution in [0.4, 0.5) is 5.69 Å². The number of esters is 1. The summed E-state index contributed by atoms with van der Waals surface area (Å²) in [6.45, 7) is 0. The first-order valence-corrected chi connectivity index (χ1v) is 11.7. The van der Waals surface area contributed by atoms with Gasteiger partial charge in [-0.1, -0.05) is 42.5 Å². The molecule has 2 heterocycles. The second-order valence-electron chi connectivity index (χ2n) is 7.99. The maximum absolute atomic E-state index is 12.7. The number of ether oxygens (including phenoxy) is 1. The standard InChI is InChI=1S/C24H17NO8S/c26-17-11-7-15(8-12-17)24(19-4-2-1-3-18(19)23(29)33-24)14-5-9-16(10-6-14)25-21(27)13-20(22(25)28)34(30,31)32/h1-12,20,26H,13H2,(H,30,31,32). The van der Waals surface area contributed by atoms with Crippen LogP contribution in [0.5, 0.6) is 5.75 Å². The molecular weight excluding hydrogens is 462 g/mol. The van der Waals surface area contributed by atoms with Crippen LogP contribution < -0.4 is 4.90 Å². The van der Waals surface area contributed by atoms with Crippen molar-refractivity contribution in [2.45, 2.75) is 17.3 Å². The predicted molar refractivity (Wildman–Crippen MR) is 119 cm³/mol. The minimum atomic E-state index is -4.73. The number of rotatable bonds is 4. The van der Waals surface area contributed by atoms with Crippen LogP contribution in [0.15, 0.2) is 72.8 Å². The van der Waals surface area contributed by atoms with Gasteiger partial charge in [0.25, 0.3) is 16.0 Å². The highest BCUT2D eigenvalue weighted by Crippen LogP contribution is 2.47. The van der Waals surface area contributed by atoms with Gasteiger partial charge in [-0.15, -0.1) is 0 Å². The Labute approximate surface area is 194 Å². The number of hydrogen-bond acceptors (Lipinski definition) is 7. The number of carbonyl (C=O) groups excluding carboxylic acids is 3. The molecule has 0 bridgehead atoms. The first kappa shape index (κ1) is 21.8. The number of phenols is 1. The van der Waals surface area contributed by atoms with E-state index in [2.05, 4.69) is 0 Å². The lowest BCUT2D eigenvalue weighted by Crippen LogP contribution is -2.35. The van der Waals surface area contributed by atoms with Crippen molar-refractivity contribution in [3.05, 3.63) is 95.1 Å². The Morgan fingerprint density at radius 3 is 2.06 bits per heavy atom. The van der Waals surface area contributed by atoms with Crippen LogP contribution in [-0.2, 0) is 30.0 Å². The van der Waals surface area contributed by atoms with Crippen LogP contribution in [-0.4, -0.2) is 41.1 Å². The Balaban J connectivity index is 1.62. The fraction of sp³-hybridized carbons (Fsp3) is 0.125. The molecule has 0 aromatic heterocycles. The van der Waals surface area contributed by atoms with E-state index in [0.717, 1.165) is 0 Å². The van der Waals surface area contributed by atoms with E-state index < -0.39 is 45.2 Å². The third kappa shape index (κ3) is 3.18. The number of fused-ring (bicyclic) bond motifs is 1. The number of cyclic esters (lactones) is 1. The van der Waals surface area contributed by atoms with E-state index in [1.807, 2.05) is 0 Å². The molecule has 2 aliphatic rings. The van der Waals surface area contributed by atoms with Crippen molar-refractivity contribution in [3.63, 3.8) is 0 Å². The summed E-state index contributed by atoms with van der Waals surface area (Å²) in [7, 11) is -4.73. The van der Waals surface area contributed by atoms with E-state index in [0.29, 0.717) is 27.2 Å². The molecular formula is C24H17NO8S. The summed E-state index contributed by atoms with van der Waals surface area (Å²) in [6.07, 6.45) is -0.651. The largest absolute Gasteiger partial charge is 0.508 e. The zero-order valence-corrected chi connectivity index (χ0v) is 18.2. The molecule has 10 heteroatoms. The zero-order chi connectivity index (χ0) is 24.3. The fourth-order valence-electron chi connectivity index (χ4n) is 4.46. The summed E-state index contributed by atoms with van der Waals surface area (Å²) in [5, 5.41) is 7.91. The molecule has 0 saturated carbocycles. The molecule has 172 valence electrons. The lowest BCUT2D eigenvalue weighted by molar-refractivity contribution is -0.121. The van der Waals surface area contributed by atoms with E-state index >= 15 is 0 Å². The summed E-state index contributed by atoms with van der Waals surface area (Å²) in [4.78, 5) is 38.3. The Kier molecular flexibility index (Phi) is 4.81.